The third kappa shape index (κ3) is 6.32. The highest BCUT2D eigenvalue weighted by Gasteiger charge is 2.36. The number of nitrogens with one attached hydrogen (secondary N) is 3. The van der Waals surface area contributed by atoms with E-state index in [0.29, 0.717) is 40.6 Å². The summed E-state index contributed by atoms with van der Waals surface area (Å²) in [6, 6.07) is 10.9. The van der Waals surface area contributed by atoms with E-state index in [2.05, 4.69) is 31.1 Å². The Balaban J connectivity index is 1.61. The van der Waals surface area contributed by atoms with Crippen molar-refractivity contribution in [2.75, 3.05) is 29.8 Å². The molecule has 3 N–H and O–H groups in total. The van der Waals surface area contributed by atoms with Crippen molar-refractivity contribution in [1.29, 1.82) is 0 Å². The molecule has 0 bridgehead atoms. The molecule has 0 spiro atoms. The highest BCUT2D eigenvalue weighted by Crippen LogP contribution is 2.27. The number of halogens is 2. The van der Waals surface area contributed by atoms with Crippen LogP contribution < -0.4 is 20.8 Å². The van der Waals surface area contributed by atoms with Gasteiger partial charge < -0.3 is 15.4 Å². The Morgan fingerprint density at radius 1 is 1.14 bits per heavy atom. The summed E-state index contributed by atoms with van der Waals surface area (Å²) in [6.45, 7) is 1.62. The molecule has 1 atom stereocenters. The molecular formula is C24H24ClFN7O3+. The van der Waals surface area contributed by atoms with Crippen LogP contribution in [0.5, 0.6) is 5.75 Å². The third-order valence-electron chi connectivity index (χ3n) is 5.02. The van der Waals surface area contributed by atoms with Crippen molar-refractivity contribution in [3.8, 4) is 5.75 Å². The average molecular weight is 513 g/mol. The molecule has 3 aromatic rings. The van der Waals surface area contributed by atoms with Crippen molar-refractivity contribution in [1.82, 2.24) is 15.3 Å². The Kier molecular flexibility index (Phi) is 7.71. The fourth-order valence-electron chi connectivity index (χ4n) is 3.52. The summed E-state index contributed by atoms with van der Waals surface area (Å²) in [5.74, 6) is 0.592. The smallest absolute Gasteiger partial charge is 0.285 e. The molecule has 2 aromatic carbocycles. The van der Waals surface area contributed by atoms with Crippen LogP contribution in [0, 0.1) is 5.82 Å². The van der Waals surface area contributed by atoms with Gasteiger partial charge in [-0.15, -0.1) is 11.6 Å². The first-order valence-corrected chi connectivity index (χ1v) is 11.6. The van der Waals surface area contributed by atoms with Crippen molar-refractivity contribution in [2.45, 2.75) is 13.3 Å². The quantitative estimate of drug-likeness (QED) is 0.229. The second-order valence-electron chi connectivity index (χ2n) is 7.93. The Labute approximate surface area is 211 Å². The lowest BCUT2D eigenvalue weighted by atomic mass is 10.2. The zero-order valence-corrected chi connectivity index (χ0v) is 20.1. The van der Waals surface area contributed by atoms with Crippen molar-refractivity contribution in [2.24, 2.45) is 5.10 Å². The summed E-state index contributed by atoms with van der Waals surface area (Å²) in [5, 5.41) is 10.4. The number of ether oxygens (including phenoxy) is 1. The molecule has 186 valence electrons. The first-order chi connectivity index (χ1) is 17.4. The average Bonchev–Trinajstić information content (AvgIpc) is 3.20. The Morgan fingerprint density at radius 3 is 2.78 bits per heavy atom. The molecule has 0 radical (unpaired) electrons. The summed E-state index contributed by atoms with van der Waals surface area (Å²) in [7, 11) is 0. The number of anilines is 2. The van der Waals surface area contributed by atoms with Gasteiger partial charge in [-0.25, -0.2) is 14.4 Å². The minimum absolute atomic E-state index is 0.221. The molecule has 0 saturated heterocycles. The van der Waals surface area contributed by atoms with Crippen LogP contribution >= 0.6 is 11.6 Å². The predicted molar refractivity (Wildman–Crippen MR) is 135 cm³/mol. The highest BCUT2D eigenvalue weighted by atomic mass is 35.5. The molecule has 0 aliphatic carbocycles. The van der Waals surface area contributed by atoms with Gasteiger partial charge in [0.15, 0.2) is 17.9 Å². The number of amidine groups is 1. The number of rotatable bonds is 9. The largest absolute Gasteiger partial charge is 0.493 e. The highest BCUT2D eigenvalue weighted by molar-refractivity contribution is 6.17. The van der Waals surface area contributed by atoms with Gasteiger partial charge in [-0.2, -0.15) is 5.43 Å². The lowest BCUT2D eigenvalue weighted by Crippen LogP contribution is -2.47. The molecule has 2 heterocycles. The van der Waals surface area contributed by atoms with Gasteiger partial charge in [0.2, 0.25) is 12.5 Å². The Hall–Kier alpha value is -4.09. The second kappa shape index (κ2) is 11.1. The normalized spacial score (nSPS) is 16.5. The maximum absolute atomic E-state index is 13.6. The van der Waals surface area contributed by atoms with Gasteiger partial charge in [0.05, 0.1) is 12.1 Å². The molecule has 36 heavy (non-hydrogen) atoms. The Bertz CT molecular complexity index is 1350. The van der Waals surface area contributed by atoms with E-state index in [1.807, 2.05) is 0 Å². The molecule has 12 heteroatoms. The number of nitrogens with zero attached hydrogens (tertiary/aromatic N) is 4. The number of quaternary nitrogens is 1. The topological polar surface area (TPSA) is 118 Å². The first kappa shape index (κ1) is 25.0. The molecule has 1 aromatic heterocycles. The van der Waals surface area contributed by atoms with E-state index in [1.54, 1.807) is 36.5 Å². The molecule has 1 aliphatic heterocycles. The number of amides is 2. The number of alkyl halides is 1. The molecule has 2 amide bonds. The van der Waals surface area contributed by atoms with Crippen molar-refractivity contribution >= 4 is 51.7 Å². The molecule has 1 aliphatic rings. The Morgan fingerprint density at radius 2 is 2.00 bits per heavy atom. The summed E-state index contributed by atoms with van der Waals surface area (Å²) in [5.41, 5.74) is 4.09. The molecule has 4 rings (SSSR count). The zero-order valence-electron chi connectivity index (χ0n) is 19.4. The van der Waals surface area contributed by atoms with E-state index in [4.69, 9.17) is 16.3 Å². The first-order valence-electron chi connectivity index (χ1n) is 11.1. The number of benzene rings is 2. The lowest BCUT2D eigenvalue weighted by molar-refractivity contribution is -0.853. The van der Waals surface area contributed by atoms with Gasteiger partial charge >= 0.3 is 0 Å². The molecule has 0 fully saturated rings. The lowest BCUT2D eigenvalue weighted by Gasteiger charge is -2.25. The van der Waals surface area contributed by atoms with Crippen molar-refractivity contribution in [3.05, 3.63) is 66.9 Å². The monoisotopic (exact) mass is 512 g/mol. The third-order valence-corrected chi connectivity index (χ3v) is 5.28. The van der Waals surface area contributed by atoms with Crippen LogP contribution in [-0.2, 0) is 9.59 Å². The SMILES string of the molecule is CC(=O)NC1=N[N+](CC(=O)Nc2cccc(F)c2)(Nc2ncnc3cc(OCCCCl)ccc23)C=C1. The van der Waals surface area contributed by atoms with Crippen LogP contribution in [0.1, 0.15) is 13.3 Å². The molecule has 10 nitrogen and oxygen atoms in total. The van der Waals surface area contributed by atoms with Crippen LogP contribution in [0.2, 0.25) is 0 Å². The minimum Gasteiger partial charge on any atom is -0.493 e. The van der Waals surface area contributed by atoms with Gasteiger partial charge in [0, 0.05) is 36.0 Å². The van der Waals surface area contributed by atoms with E-state index >= 15 is 0 Å². The standard InChI is InChI=1S/C24H23ClFN7O3/c1-16(34)29-22-8-10-33(31-22,14-23(35)30-18-5-2-4-17(26)12-18)32-24-20-7-6-19(36-11-3-9-25)13-21(20)27-15-28-24/h2,4-8,10,12-13,15H,3,9,11,14H2,1H3,(H2-,27,28,29,30,31,32,34,35)/p+1. The minimum atomic E-state index is -0.472. The summed E-state index contributed by atoms with van der Waals surface area (Å²) in [4.78, 5) is 33.1. The summed E-state index contributed by atoms with van der Waals surface area (Å²) < 4.78 is 18.8. The number of hydrogen-bond donors (Lipinski definition) is 3. The number of hydrogen-bond acceptors (Lipinski definition) is 7. The van der Waals surface area contributed by atoms with Crippen molar-refractivity contribution < 1.29 is 23.4 Å². The molecule has 0 saturated carbocycles. The van der Waals surface area contributed by atoms with E-state index in [0.717, 1.165) is 6.42 Å². The number of aromatic nitrogens is 2. The van der Waals surface area contributed by atoms with E-state index in [9.17, 15) is 14.0 Å². The van der Waals surface area contributed by atoms with Crippen LogP contribution in [0.25, 0.3) is 10.9 Å². The van der Waals surface area contributed by atoms with Gasteiger partial charge in [-0.3, -0.25) is 9.59 Å². The van der Waals surface area contributed by atoms with Gasteiger partial charge in [-0.1, -0.05) is 10.8 Å². The predicted octanol–water partition coefficient (Wildman–Crippen LogP) is 3.54. The fourth-order valence-corrected chi connectivity index (χ4v) is 3.63. The summed E-state index contributed by atoms with van der Waals surface area (Å²) >= 11 is 5.71. The van der Waals surface area contributed by atoms with Crippen LogP contribution in [-0.4, -0.2) is 51.4 Å². The van der Waals surface area contributed by atoms with E-state index < -0.39 is 16.4 Å². The van der Waals surface area contributed by atoms with Gasteiger partial charge in [-0.05, 0) is 41.9 Å². The van der Waals surface area contributed by atoms with Crippen LogP contribution in [0.3, 0.4) is 0 Å². The molecule has 1 unspecified atom stereocenters. The fraction of sp³-hybridized carbons (Fsp3) is 0.208. The van der Waals surface area contributed by atoms with Gasteiger partial charge in [0.25, 0.3) is 5.91 Å². The van der Waals surface area contributed by atoms with Crippen LogP contribution in [0.4, 0.5) is 15.9 Å². The van der Waals surface area contributed by atoms with Crippen molar-refractivity contribution in [3.63, 3.8) is 0 Å². The zero-order chi connectivity index (χ0) is 25.5. The second-order valence-corrected chi connectivity index (χ2v) is 8.31. The number of fused-ring (bicyclic) bond motifs is 1. The van der Waals surface area contributed by atoms with E-state index in [-0.39, 0.29) is 18.3 Å². The van der Waals surface area contributed by atoms with Crippen LogP contribution in [0.15, 0.2) is 66.2 Å². The maximum Gasteiger partial charge on any atom is 0.285 e. The van der Waals surface area contributed by atoms with E-state index in [1.165, 1.54) is 31.5 Å². The number of carbonyl (C=O) groups is 2. The molecular weight excluding hydrogens is 489 g/mol. The van der Waals surface area contributed by atoms with Gasteiger partial charge in [0.1, 0.15) is 17.9 Å². The maximum atomic E-state index is 13.6. The summed E-state index contributed by atoms with van der Waals surface area (Å²) in [6.07, 6.45) is 5.29. The number of carbonyl (C=O) groups excluding carboxylic acids is 2.